The molecule has 0 saturated heterocycles. The number of para-hydroxylation sites is 2. The smallest absolute Gasteiger partial charge is 0.265 e. The third-order valence-electron chi connectivity index (χ3n) is 4.96. The predicted molar refractivity (Wildman–Crippen MR) is 116 cm³/mol. The molecular formula is C21H25N3O6S. The van der Waals surface area contributed by atoms with Crippen molar-refractivity contribution in [1.82, 2.24) is 4.31 Å². The number of ether oxygens (including phenoxy) is 1. The fourth-order valence-corrected chi connectivity index (χ4v) is 4.80. The lowest BCUT2D eigenvalue weighted by atomic mass is 10.2. The molecular weight excluding hydrogens is 422 g/mol. The molecule has 0 aliphatic carbocycles. The van der Waals surface area contributed by atoms with Crippen molar-refractivity contribution in [2.24, 2.45) is 0 Å². The van der Waals surface area contributed by atoms with Crippen LogP contribution >= 0.6 is 0 Å². The molecule has 10 heteroatoms. The molecule has 31 heavy (non-hydrogen) atoms. The van der Waals surface area contributed by atoms with Crippen LogP contribution in [0.15, 0.2) is 47.4 Å². The molecule has 0 unspecified atom stereocenters. The van der Waals surface area contributed by atoms with Gasteiger partial charge in [0.15, 0.2) is 6.61 Å². The number of fused-ring (bicyclic) bond motifs is 1. The summed E-state index contributed by atoms with van der Waals surface area (Å²) < 4.78 is 32.1. The number of nitrogens with one attached hydrogen (secondary N) is 1. The molecule has 2 aromatic rings. The lowest BCUT2D eigenvalue weighted by Gasteiger charge is -2.29. The molecule has 9 nitrogen and oxygen atoms in total. The Kier molecular flexibility index (Phi) is 6.81. The number of anilines is 2. The molecule has 0 atom stereocenters. The maximum absolute atomic E-state index is 12.7. The Bertz CT molecular complexity index is 1080. The zero-order valence-corrected chi connectivity index (χ0v) is 18.2. The van der Waals surface area contributed by atoms with E-state index in [1.54, 1.807) is 38.1 Å². The largest absolute Gasteiger partial charge is 0.506 e. The molecule has 1 aliphatic heterocycles. The van der Waals surface area contributed by atoms with Gasteiger partial charge in [0.25, 0.3) is 5.91 Å². The second kappa shape index (κ2) is 9.36. The van der Waals surface area contributed by atoms with Crippen LogP contribution in [0.1, 0.15) is 20.3 Å². The third kappa shape index (κ3) is 4.80. The highest BCUT2D eigenvalue weighted by Crippen LogP contribution is 2.32. The van der Waals surface area contributed by atoms with Crippen molar-refractivity contribution >= 4 is 33.2 Å². The minimum atomic E-state index is -3.74. The van der Waals surface area contributed by atoms with Gasteiger partial charge in [0.1, 0.15) is 11.5 Å². The van der Waals surface area contributed by atoms with E-state index in [1.165, 1.54) is 27.4 Å². The number of benzene rings is 2. The van der Waals surface area contributed by atoms with Crippen LogP contribution in [0.4, 0.5) is 11.4 Å². The van der Waals surface area contributed by atoms with Gasteiger partial charge in [0.2, 0.25) is 15.9 Å². The minimum absolute atomic E-state index is 0.00747. The first-order chi connectivity index (χ1) is 14.8. The number of carbonyl (C=O) groups is 2. The van der Waals surface area contributed by atoms with E-state index >= 15 is 0 Å². The van der Waals surface area contributed by atoms with Gasteiger partial charge >= 0.3 is 0 Å². The molecule has 2 aromatic carbocycles. The number of sulfonamides is 1. The van der Waals surface area contributed by atoms with Gasteiger partial charge in [-0.25, -0.2) is 8.42 Å². The van der Waals surface area contributed by atoms with E-state index in [0.717, 1.165) is 0 Å². The van der Waals surface area contributed by atoms with Gasteiger partial charge in [-0.3, -0.25) is 9.59 Å². The van der Waals surface area contributed by atoms with Crippen LogP contribution in [-0.4, -0.2) is 55.9 Å². The standard InChI is InChI=1S/C21H25N3O6S/c1-3-23(4-2)31(28,29)15-9-10-18(25)16(13-15)22-20(26)11-12-24-17-7-5-6-8-19(17)30-14-21(24)27/h5-10,13,25H,3-4,11-12,14H2,1-2H3,(H,22,26). The van der Waals surface area contributed by atoms with Crippen molar-refractivity contribution in [2.75, 3.05) is 36.5 Å². The second-order valence-electron chi connectivity index (χ2n) is 6.87. The van der Waals surface area contributed by atoms with Crippen LogP contribution in [0.25, 0.3) is 0 Å². The Morgan fingerprint density at radius 2 is 1.90 bits per heavy atom. The monoisotopic (exact) mass is 447 g/mol. The van der Waals surface area contributed by atoms with Gasteiger partial charge in [0.05, 0.1) is 16.3 Å². The molecule has 1 heterocycles. The molecule has 1 aliphatic rings. The summed E-state index contributed by atoms with van der Waals surface area (Å²) >= 11 is 0. The maximum atomic E-state index is 12.7. The molecule has 0 bridgehead atoms. The van der Waals surface area contributed by atoms with Crippen molar-refractivity contribution in [3.05, 3.63) is 42.5 Å². The first-order valence-corrected chi connectivity index (χ1v) is 11.4. The maximum Gasteiger partial charge on any atom is 0.265 e. The summed E-state index contributed by atoms with van der Waals surface area (Å²) in [6, 6.07) is 10.8. The zero-order valence-electron chi connectivity index (χ0n) is 17.4. The van der Waals surface area contributed by atoms with Crippen molar-refractivity contribution in [3.63, 3.8) is 0 Å². The van der Waals surface area contributed by atoms with E-state index in [0.29, 0.717) is 24.5 Å². The number of rotatable bonds is 8. The summed E-state index contributed by atoms with van der Waals surface area (Å²) in [5, 5.41) is 12.6. The topological polar surface area (TPSA) is 116 Å². The second-order valence-corrected chi connectivity index (χ2v) is 8.81. The highest BCUT2D eigenvalue weighted by molar-refractivity contribution is 7.89. The van der Waals surface area contributed by atoms with Crippen molar-refractivity contribution in [3.8, 4) is 11.5 Å². The minimum Gasteiger partial charge on any atom is -0.506 e. The number of hydrogen-bond acceptors (Lipinski definition) is 6. The van der Waals surface area contributed by atoms with Crippen molar-refractivity contribution in [2.45, 2.75) is 25.2 Å². The third-order valence-corrected chi connectivity index (χ3v) is 7.00. The number of phenolic OH excluding ortho intramolecular Hbond substituents is 1. The average Bonchev–Trinajstić information content (AvgIpc) is 2.75. The quantitative estimate of drug-likeness (QED) is 0.599. The van der Waals surface area contributed by atoms with E-state index in [-0.39, 0.29) is 41.8 Å². The fourth-order valence-electron chi connectivity index (χ4n) is 3.31. The Hall–Kier alpha value is -3.11. The Morgan fingerprint density at radius 1 is 1.19 bits per heavy atom. The van der Waals surface area contributed by atoms with Crippen LogP contribution in [0, 0.1) is 0 Å². The normalized spacial score (nSPS) is 13.6. The van der Waals surface area contributed by atoms with Gasteiger partial charge < -0.3 is 20.1 Å². The summed E-state index contributed by atoms with van der Waals surface area (Å²) in [5.41, 5.74) is 0.577. The Morgan fingerprint density at radius 3 is 2.61 bits per heavy atom. The molecule has 0 aromatic heterocycles. The van der Waals surface area contributed by atoms with Crippen LogP contribution in [-0.2, 0) is 19.6 Å². The van der Waals surface area contributed by atoms with E-state index in [9.17, 15) is 23.1 Å². The number of amides is 2. The molecule has 0 spiro atoms. The van der Waals surface area contributed by atoms with Gasteiger partial charge in [0, 0.05) is 26.1 Å². The van der Waals surface area contributed by atoms with E-state index in [2.05, 4.69) is 5.32 Å². The lowest BCUT2D eigenvalue weighted by molar-refractivity contribution is -0.121. The predicted octanol–water partition coefficient (Wildman–Crippen LogP) is 2.18. The van der Waals surface area contributed by atoms with E-state index in [1.807, 2.05) is 0 Å². The van der Waals surface area contributed by atoms with Gasteiger partial charge in [-0.15, -0.1) is 0 Å². The molecule has 0 radical (unpaired) electrons. The van der Waals surface area contributed by atoms with E-state index < -0.39 is 15.9 Å². The molecule has 3 rings (SSSR count). The van der Waals surface area contributed by atoms with Crippen LogP contribution in [0.2, 0.25) is 0 Å². The van der Waals surface area contributed by atoms with Gasteiger partial charge in [-0.2, -0.15) is 4.31 Å². The number of carbonyl (C=O) groups excluding carboxylic acids is 2. The fraction of sp³-hybridized carbons (Fsp3) is 0.333. The molecule has 166 valence electrons. The van der Waals surface area contributed by atoms with Crippen molar-refractivity contribution < 1.29 is 27.9 Å². The zero-order chi connectivity index (χ0) is 22.6. The van der Waals surface area contributed by atoms with E-state index in [4.69, 9.17) is 4.74 Å². The van der Waals surface area contributed by atoms with Gasteiger partial charge in [-0.05, 0) is 30.3 Å². The SMILES string of the molecule is CCN(CC)S(=O)(=O)c1ccc(O)c(NC(=O)CCN2C(=O)COc3ccccc32)c1. The number of aromatic hydroxyl groups is 1. The summed E-state index contributed by atoms with van der Waals surface area (Å²) in [6.45, 7) is 4.07. The first-order valence-electron chi connectivity index (χ1n) is 9.93. The Balaban J connectivity index is 1.72. The highest BCUT2D eigenvalue weighted by Gasteiger charge is 2.26. The summed E-state index contributed by atoms with van der Waals surface area (Å²) in [4.78, 5) is 26.1. The molecule has 0 saturated carbocycles. The van der Waals surface area contributed by atoms with Crippen LogP contribution in [0.5, 0.6) is 11.5 Å². The summed E-state index contributed by atoms with van der Waals surface area (Å²) in [5.74, 6) is -0.416. The van der Waals surface area contributed by atoms with Gasteiger partial charge in [-0.1, -0.05) is 26.0 Å². The van der Waals surface area contributed by atoms with Crippen molar-refractivity contribution in [1.29, 1.82) is 0 Å². The Labute approximate surface area is 181 Å². The number of nitrogens with zero attached hydrogens (tertiary/aromatic N) is 2. The summed E-state index contributed by atoms with van der Waals surface area (Å²) in [7, 11) is -3.74. The number of hydrogen-bond donors (Lipinski definition) is 2. The highest BCUT2D eigenvalue weighted by atomic mass is 32.2. The van der Waals surface area contributed by atoms with Crippen LogP contribution < -0.4 is 15.0 Å². The summed E-state index contributed by atoms with van der Waals surface area (Å²) in [6.07, 6.45) is -0.0491. The van der Waals surface area contributed by atoms with Crippen LogP contribution in [0.3, 0.4) is 0 Å². The first kappa shape index (κ1) is 22.6. The lowest BCUT2D eigenvalue weighted by Crippen LogP contribution is -2.40. The molecule has 2 N–H and O–H groups in total. The number of phenols is 1. The molecule has 2 amide bonds. The average molecular weight is 448 g/mol. The molecule has 0 fully saturated rings.